The summed E-state index contributed by atoms with van der Waals surface area (Å²) in [6.07, 6.45) is 0.220. The molecule has 1 aromatic heterocycles. The highest BCUT2D eigenvalue weighted by atomic mass is 32.1. The maximum atomic E-state index is 14.0. The van der Waals surface area contributed by atoms with E-state index in [0.717, 1.165) is 0 Å². The number of ether oxygens (including phenoxy) is 1. The largest absolute Gasteiger partial charge is 0.480 e. The molecule has 186 valence electrons. The molecule has 2 aromatic rings. The topological polar surface area (TPSA) is 104 Å². The molecule has 0 aliphatic carbocycles. The van der Waals surface area contributed by atoms with Crippen LogP contribution < -0.4 is 5.32 Å². The van der Waals surface area contributed by atoms with Gasteiger partial charge in [0.15, 0.2) is 10.8 Å². The Kier molecular flexibility index (Phi) is 6.69. The Morgan fingerprint density at radius 1 is 1.31 bits per heavy atom. The zero-order chi connectivity index (χ0) is 25.4. The van der Waals surface area contributed by atoms with Crippen LogP contribution in [0.3, 0.4) is 0 Å². The maximum Gasteiger partial charge on any atom is 0.338 e. The summed E-state index contributed by atoms with van der Waals surface area (Å²) in [6, 6.07) is 4.01. The first-order chi connectivity index (χ1) is 16.5. The molecule has 1 aromatic carbocycles. The molecule has 1 saturated heterocycles. The van der Waals surface area contributed by atoms with Gasteiger partial charge in [-0.15, -0.1) is 11.3 Å². The number of piperidine rings is 1. The molecule has 1 fully saturated rings. The van der Waals surface area contributed by atoms with Crippen LogP contribution in [0.2, 0.25) is 0 Å². The zero-order valence-electron chi connectivity index (χ0n) is 18.9. The third-order valence-electron chi connectivity index (χ3n) is 6.17. The van der Waals surface area contributed by atoms with Gasteiger partial charge in [-0.1, -0.05) is 12.1 Å². The van der Waals surface area contributed by atoms with Crippen molar-refractivity contribution in [2.75, 3.05) is 20.2 Å². The summed E-state index contributed by atoms with van der Waals surface area (Å²) in [7, 11) is 1.19. The predicted molar refractivity (Wildman–Crippen MR) is 122 cm³/mol. The Balaban J connectivity index is 1.84. The van der Waals surface area contributed by atoms with Gasteiger partial charge in [0.05, 0.1) is 12.7 Å². The van der Waals surface area contributed by atoms with Gasteiger partial charge in [0.1, 0.15) is 17.4 Å². The van der Waals surface area contributed by atoms with Crippen LogP contribution >= 0.6 is 11.3 Å². The van der Waals surface area contributed by atoms with Crippen LogP contribution in [0.25, 0.3) is 0 Å². The van der Waals surface area contributed by atoms with Crippen molar-refractivity contribution in [2.24, 2.45) is 4.99 Å². The molecule has 0 saturated carbocycles. The van der Waals surface area contributed by atoms with Gasteiger partial charge >= 0.3 is 11.9 Å². The fraction of sp³-hybridized carbons (Fsp3) is 0.391. The van der Waals surface area contributed by atoms with E-state index in [1.165, 1.54) is 47.6 Å². The summed E-state index contributed by atoms with van der Waals surface area (Å²) in [5.41, 5.74) is -0.568. The Labute approximate surface area is 203 Å². The minimum absolute atomic E-state index is 0.0633. The number of halogens is 3. The van der Waals surface area contributed by atoms with Crippen molar-refractivity contribution in [1.29, 1.82) is 0 Å². The molecule has 0 spiro atoms. The number of thiazole rings is 1. The number of carbonyl (C=O) groups is 2. The lowest BCUT2D eigenvalue weighted by Gasteiger charge is -2.40. The average Bonchev–Trinajstić information content (AvgIpc) is 3.35. The van der Waals surface area contributed by atoms with Gasteiger partial charge in [0.2, 0.25) is 0 Å². The van der Waals surface area contributed by atoms with E-state index < -0.39 is 48.1 Å². The van der Waals surface area contributed by atoms with Crippen LogP contribution in [0.5, 0.6) is 0 Å². The molecule has 12 heteroatoms. The Hall–Kier alpha value is -3.25. The lowest BCUT2D eigenvalue weighted by atomic mass is 9.82. The SMILES string of the molecule is COC(=O)C1=C(CN2CCC(F)(F)CC2C(=O)O)NC(c2nccs2)=NC1(C)c1ccc(F)cc1. The number of nitrogens with zero attached hydrogens (tertiary/aromatic N) is 3. The highest BCUT2D eigenvalue weighted by Crippen LogP contribution is 2.40. The first-order valence-corrected chi connectivity index (χ1v) is 11.6. The quantitative estimate of drug-likeness (QED) is 0.578. The highest BCUT2D eigenvalue weighted by Gasteiger charge is 2.46. The summed E-state index contributed by atoms with van der Waals surface area (Å²) in [5, 5.41) is 14.9. The average molecular weight is 509 g/mol. The van der Waals surface area contributed by atoms with E-state index in [4.69, 9.17) is 9.73 Å². The van der Waals surface area contributed by atoms with Crippen molar-refractivity contribution in [1.82, 2.24) is 15.2 Å². The predicted octanol–water partition coefficient (Wildman–Crippen LogP) is 3.16. The number of hydrogen-bond acceptors (Lipinski definition) is 8. The van der Waals surface area contributed by atoms with E-state index >= 15 is 0 Å². The van der Waals surface area contributed by atoms with Crippen LogP contribution in [0.15, 0.2) is 52.1 Å². The van der Waals surface area contributed by atoms with Gasteiger partial charge < -0.3 is 15.2 Å². The molecule has 2 atom stereocenters. The number of nitrogens with one attached hydrogen (secondary N) is 1. The number of carboxylic acid groups (broad SMARTS) is 1. The Morgan fingerprint density at radius 3 is 2.63 bits per heavy atom. The minimum atomic E-state index is -3.10. The van der Waals surface area contributed by atoms with Crippen molar-refractivity contribution >= 4 is 29.1 Å². The molecule has 2 unspecified atom stereocenters. The van der Waals surface area contributed by atoms with Crippen molar-refractivity contribution in [3.05, 3.63) is 63.5 Å². The van der Waals surface area contributed by atoms with Crippen LogP contribution in [0, 0.1) is 5.82 Å². The van der Waals surface area contributed by atoms with Crippen LogP contribution in [-0.2, 0) is 19.9 Å². The molecule has 3 heterocycles. The lowest BCUT2D eigenvalue weighted by molar-refractivity contribution is -0.153. The fourth-order valence-electron chi connectivity index (χ4n) is 4.39. The fourth-order valence-corrected chi connectivity index (χ4v) is 4.97. The molecule has 35 heavy (non-hydrogen) atoms. The number of aromatic nitrogens is 1. The second-order valence-corrected chi connectivity index (χ2v) is 9.38. The van der Waals surface area contributed by atoms with Gasteiger partial charge in [-0.05, 0) is 24.6 Å². The van der Waals surface area contributed by atoms with E-state index in [2.05, 4.69) is 10.3 Å². The van der Waals surface area contributed by atoms with Crippen LogP contribution in [0.4, 0.5) is 13.2 Å². The smallest absolute Gasteiger partial charge is 0.338 e. The molecule has 0 amide bonds. The van der Waals surface area contributed by atoms with E-state index in [1.807, 2.05) is 0 Å². The number of carbonyl (C=O) groups excluding carboxylic acids is 1. The zero-order valence-corrected chi connectivity index (χ0v) is 19.7. The van der Waals surface area contributed by atoms with E-state index in [1.54, 1.807) is 18.5 Å². The standard InChI is InChI=1S/C23H23F3N4O4S/c1-22(13-3-5-14(24)6-4-13)17(21(33)34-2)15(28-18(29-22)19-27-8-10-35-19)12-30-9-7-23(25,26)11-16(30)20(31)32/h3-6,8,10,16H,7,9,11-12H2,1-2H3,(H,28,29)(H,31,32). The summed E-state index contributed by atoms with van der Waals surface area (Å²) in [4.78, 5) is 35.3. The number of alkyl halides is 2. The monoisotopic (exact) mass is 508 g/mol. The first-order valence-electron chi connectivity index (χ1n) is 10.7. The number of methoxy groups -OCH3 is 1. The summed E-state index contributed by atoms with van der Waals surface area (Å²) < 4.78 is 46.7. The van der Waals surface area contributed by atoms with Crippen LogP contribution in [0.1, 0.15) is 30.3 Å². The maximum absolute atomic E-state index is 14.0. The van der Waals surface area contributed by atoms with Crippen molar-refractivity contribution in [2.45, 2.75) is 37.3 Å². The molecular weight excluding hydrogens is 485 g/mol. The molecule has 2 aliphatic rings. The third-order valence-corrected chi connectivity index (χ3v) is 6.95. The van der Waals surface area contributed by atoms with Crippen molar-refractivity contribution in [3.63, 3.8) is 0 Å². The Morgan fingerprint density at radius 2 is 2.03 bits per heavy atom. The van der Waals surface area contributed by atoms with Crippen molar-refractivity contribution < 1.29 is 32.6 Å². The molecule has 8 nitrogen and oxygen atoms in total. The molecule has 4 rings (SSSR count). The van der Waals surface area contributed by atoms with E-state index in [-0.39, 0.29) is 24.4 Å². The van der Waals surface area contributed by atoms with Gasteiger partial charge in [0, 0.05) is 43.2 Å². The normalized spacial score (nSPS) is 24.5. The number of likely N-dealkylation sites (tertiary alicyclic amines) is 1. The summed E-state index contributed by atoms with van der Waals surface area (Å²) >= 11 is 1.29. The van der Waals surface area contributed by atoms with E-state index in [0.29, 0.717) is 16.4 Å². The van der Waals surface area contributed by atoms with Gasteiger partial charge in [0.25, 0.3) is 5.92 Å². The second kappa shape index (κ2) is 9.42. The molecular formula is C23H23F3N4O4S. The van der Waals surface area contributed by atoms with Crippen molar-refractivity contribution in [3.8, 4) is 0 Å². The lowest BCUT2D eigenvalue weighted by Crippen LogP contribution is -2.53. The van der Waals surface area contributed by atoms with Gasteiger partial charge in [-0.3, -0.25) is 9.69 Å². The van der Waals surface area contributed by atoms with E-state index in [9.17, 15) is 27.9 Å². The first kappa shape index (κ1) is 24.9. The number of hydrogen-bond donors (Lipinski definition) is 2. The number of amidine groups is 1. The minimum Gasteiger partial charge on any atom is -0.480 e. The second-order valence-electron chi connectivity index (χ2n) is 8.48. The van der Waals surface area contributed by atoms with Gasteiger partial charge in [-0.25, -0.2) is 27.9 Å². The van der Waals surface area contributed by atoms with Gasteiger partial charge in [-0.2, -0.15) is 0 Å². The highest BCUT2D eigenvalue weighted by molar-refractivity contribution is 7.11. The number of aliphatic imine (C=N–C) groups is 1. The number of aliphatic carboxylic acids is 1. The number of rotatable bonds is 6. The molecule has 0 bridgehead atoms. The molecule has 2 aliphatic heterocycles. The third kappa shape index (κ3) is 4.94. The number of benzene rings is 1. The molecule has 0 radical (unpaired) electrons. The summed E-state index contributed by atoms with van der Waals surface area (Å²) in [6.45, 7) is 1.30. The molecule has 2 N–H and O–H groups in total. The number of carboxylic acids is 1. The summed E-state index contributed by atoms with van der Waals surface area (Å²) in [5.74, 6) is -5.39. The van der Waals surface area contributed by atoms with Crippen LogP contribution in [-0.4, -0.2) is 64.9 Å². The Bertz CT molecular complexity index is 1180. The number of esters is 1.